The normalized spacial score (nSPS) is 18.8. The minimum Gasteiger partial charge on any atom is -0.339 e. The van der Waals surface area contributed by atoms with E-state index in [2.05, 4.69) is 26.7 Å². The molecule has 10 nitrogen and oxygen atoms in total. The van der Waals surface area contributed by atoms with Gasteiger partial charge in [0.2, 0.25) is 11.9 Å². The molecule has 0 aliphatic carbocycles. The second-order valence-electron chi connectivity index (χ2n) is 7.92. The summed E-state index contributed by atoms with van der Waals surface area (Å²) in [5.41, 5.74) is 3.37. The van der Waals surface area contributed by atoms with Crippen LogP contribution in [0.2, 0.25) is 0 Å². The van der Waals surface area contributed by atoms with E-state index in [1.54, 1.807) is 11.1 Å². The van der Waals surface area contributed by atoms with E-state index in [4.69, 9.17) is 0 Å². The molecular weight excluding hydrogens is 442 g/mol. The number of hydrogen-bond donors (Lipinski definition) is 2. The Morgan fingerprint density at radius 3 is 2.70 bits per heavy atom. The van der Waals surface area contributed by atoms with Crippen molar-refractivity contribution in [1.82, 2.24) is 14.9 Å². The first-order chi connectivity index (χ1) is 15.8. The standard InChI is InChI=1S/C22H25N7O3S/c1-3-29-18-7-5-4-6-17(18)25-21(29)16(12-23)20-15(2)13-24-22(27-20)26-19(30)14-28-8-10-33(31,32)11-9-28/h4-7,13,25H,3,8-11,14H2,1-2H3,(H,24,26,27,30). The van der Waals surface area contributed by atoms with Gasteiger partial charge in [0, 0.05) is 25.8 Å². The van der Waals surface area contributed by atoms with E-state index in [-0.39, 0.29) is 29.9 Å². The maximum Gasteiger partial charge on any atom is 0.240 e. The van der Waals surface area contributed by atoms with E-state index in [9.17, 15) is 18.5 Å². The molecular formula is C22H25N7O3S. The second kappa shape index (κ2) is 9.17. The number of aryl methyl sites for hydroxylation is 1. The van der Waals surface area contributed by atoms with Crippen molar-refractivity contribution in [2.24, 2.45) is 0 Å². The van der Waals surface area contributed by atoms with E-state index in [0.717, 1.165) is 11.4 Å². The number of rotatable bonds is 5. The van der Waals surface area contributed by atoms with Gasteiger partial charge in [-0.05, 0) is 31.5 Å². The summed E-state index contributed by atoms with van der Waals surface area (Å²) < 4.78 is 23.1. The summed E-state index contributed by atoms with van der Waals surface area (Å²) in [6, 6.07) is 10.1. The van der Waals surface area contributed by atoms with E-state index in [0.29, 0.717) is 42.3 Å². The predicted molar refractivity (Wildman–Crippen MR) is 126 cm³/mol. The van der Waals surface area contributed by atoms with Crippen LogP contribution in [-0.4, -0.2) is 66.9 Å². The van der Waals surface area contributed by atoms with Crippen molar-refractivity contribution in [3.05, 3.63) is 47.5 Å². The zero-order valence-electron chi connectivity index (χ0n) is 18.5. The zero-order valence-corrected chi connectivity index (χ0v) is 19.3. The fourth-order valence-electron chi connectivity index (χ4n) is 3.91. The van der Waals surface area contributed by atoms with E-state index in [1.165, 1.54) is 0 Å². The summed E-state index contributed by atoms with van der Waals surface area (Å²) in [5.74, 6) is 0.491. The van der Waals surface area contributed by atoms with Crippen molar-refractivity contribution >= 4 is 38.6 Å². The highest BCUT2D eigenvalue weighted by atomic mass is 32.2. The number of aromatic nitrogens is 2. The summed E-state index contributed by atoms with van der Waals surface area (Å²) in [4.78, 5) is 25.0. The number of carbonyl (C=O) groups excluding carboxylic acids is 1. The van der Waals surface area contributed by atoms with Crippen LogP contribution in [0.15, 0.2) is 36.3 Å². The van der Waals surface area contributed by atoms with Crippen LogP contribution in [0.3, 0.4) is 0 Å². The van der Waals surface area contributed by atoms with Crippen LogP contribution in [0.4, 0.5) is 17.3 Å². The predicted octanol–water partition coefficient (Wildman–Crippen LogP) is 1.60. The van der Waals surface area contributed by atoms with Crippen LogP contribution in [0.5, 0.6) is 0 Å². The average Bonchev–Trinajstić information content (AvgIpc) is 3.16. The molecule has 1 saturated heterocycles. The number of sulfone groups is 1. The van der Waals surface area contributed by atoms with Crippen molar-refractivity contribution in [1.29, 1.82) is 5.26 Å². The molecule has 3 heterocycles. The maximum atomic E-state index is 12.5. The van der Waals surface area contributed by atoms with Gasteiger partial charge in [-0.3, -0.25) is 15.0 Å². The Morgan fingerprint density at radius 2 is 2.00 bits per heavy atom. The quantitative estimate of drug-likeness (QED) is 0.629. The Morgan fingerprint density at radius 1 is 1.27 bits per heavy atom. The Bertz CT molecular complexity index is 1250. The minimum absolute atomic E-state index is 0.0495. The number of nitrogens with one attached hydrogen (secondary N) is 2. The first-order valence-electron chi connectivity index (χ1n) is 10.7. The van der Waals surface area contributed by atoms with E-state index in [1.807, 2.05) is 43.0 Å². The third-order valence-corrected chi connectivity index (χ3v) is 7.26. The highest BCUT2D eigenvalue weighted by molar-refractivity contribution is 7.91. The van der Waals surface area contributed by atoms with Gasteiger partial charge in [-0.25, -0.2) is 18.4 Å². The van der Waals surface area contributed by atoms with Crippen molar-refractivity contribution < 1.29 is 13.2 Å². The number of amides is 1. The number of allylic oxidation sites excluding steroid dienone is 1. The van der Waals surface area contributed by atoms with Crippen LogP contribution >= 0.6 is 0 Å². The lowest BCUT2D eigenvalue weighted by molar-refractivity contribution is -0.117. The molecule has 4 rings (SSSR count). The molecule has 1 aromatic carbocycles. The van der Waals surface area contributed by atoms with E-state index < -0.39 is 9.84 Å². The van der Waals surface area contributed by atoms with Gasteiger partial charge in [0.25, 0.3) is 0 Å². The summed E-state index contributed by atoms with van der Waals surface area (Å²) in [6.45, 7) is 5.16. The smallest absolute Gasteiger partial charge is 0.240 e. The molecule has 0 spiro atoms. The SMILES string of the molecule is CCN1C(=C(C#N)c2nc(NC(=O)CN3CCS(=O)(=O)CC3)ncc2C)Nc2ccccc21. The molecule has 1 aromatic heterocycles. The summed E-state index contributed by atoms with van der Waals surface area (Å²) in [6.07, 6.45) is 1.57. The molecule has 0 atom stereocenters. The van der Waals surface area contributed by atoms with Gasteiger partial charge in [0.15, 0.2) is 9.84 Å². The third-order valence-electron chi connectivity index (χ3n) is 5.65. The van der Waals surface area contributed by atoms with Gasteiger partial charge < -0.3 is 10.2 Å². The molecule has 33 heavy (non-hydrogen) atoms. The average molecular weight is 468 g/mol. The summed E-state index contributed by atoms with van der Waals surface area (Å²) in [7, 11) is -3.01. The molecule has 2 aromatic rings. The number of nitrogens with zero attached hydrogens (tertiary/aromatic N) is 5. The van der Waals surface area contributed by atoms with Crippen molar-refractivity contribution in [2.75, 3.05) is 53.2 Å². The second-order valence-corrected chi connectivity index (χ2v) is 10.2. The first kappa shape index (κ1) is 22.7. The van der Waals surface area contributed by atoms with Gasteiger partial charge in [0.05, 0.1) is 35.1 Å². The number of anilines is 3. The molecule has 2 aliphatic rings. The van der Waals surface area contributed by atoms with Crippen LogP contribution in [0, 0.1) is 18.3 Å². The van der Waals surface area contributed by atoms with Crippen LogP contribution in [-0.2, 0) is 14.6 Å². The van der Waals surface area contributed by atoms with Gasteiger partial charge >= 0.3 is 0 Å². The fraction of sp³-hybridized carbons (Fsp3) is 0.364. The van der Waals surface area contributed by atoms with Crippen molar-refractivity contribution in [2.45, 2.75) is 13.8 Å². The van der Waals surface area contributed by atoms with Crippen LogP contribution in [0.1, 0.15) is 18.2 Å². The molecule has 172 valence electrons. The number of nitriles is 1. The van der Waals surface area contributed by atoms with Gasteiger partial charge in [-0.15, -0.1) is 0 Å². The van der Waals surface area contributed by atoms with Gasteiger partial charge in [-0.1, -0.05) is 12.1 Å². The minimum atomic E-state index is -3.01. The summed E-state index contributed by atoms with van der Waals surface area (Å²) in [5, 5.41) is 16.0. The number of fused-ring (bicyclic) bond motifs is 1. The molecule has 1 fully saturated rings. The molecule has 0 saturated carbocycles. The summed E-state index contributed by atoms with van der Waals surface area (Å²) >= 11 is 0. The monoisotopic (exact) mass is 467 g/mol. The topological polar surface area (TPSA) is 131 Å². The fourth-order valence-corrected chi connectivity index (χ4v) is 5.18. The first-order valence-corrected chi connectivity index (χ1v) is 12.5. The third kappa shape index (κ3) is 4.81. The van der Waals surface area contributed by atoms with Crippen LogP contribution < -0.4 is 15.5 Å². The zero-order chi connectivity index (χ0) is 23.6. The molecule has 2 N–H and O–H groups in total. The van der Waals surface area contributed by atoms with E-state index >= 15 is 0 Å². The van der Waals surface area contributed by atoms with Gasteiger partial charge in [-0.2, -0.15) is 5.26 Å². The number of carbonyl (C=O) groups is 1. The molecule has 0 bridgehead atoms. The Kier molecular flexibility index (Phi) is 6.31. The number of para-hydroxylation sites is 2. The molecule has 2 aliphatic heterocycles. The molecule has 1 amide bonds. The van der Waals surface area contributed by atoms with Crippen LogP contribution in [0.25, 0.3) is 5.57 Å². The lowest BCUT2D eigenvalue weighted by atomic mass is 10.1. The lowest BCUT2D eigenvalue weighted by Crippen LogP contribution is -2.44. The number of benzene rings is 1. The van der Waals surface area contributed by atoms with Crippen molar-refractivity contribution in [3.63, 3.8) is 0 Å². The van der Waals surface area contributed by atoms with Gasteiger partial charge in [0.1, 0.15) is 17.5 Å². The Labute approximate surface area is 192 Å². The maximum absolute atomic E-state index is 12.5. The Balaban J connectivity index is 1.56. The molecule has 0 radical (unpaired) electrons. The Hall–Kier alpha value is -3.49. The van der Waals surface area contributed by atoms with Crippen molar-refractivity contribution in [3.8, 4) is 6.07 Å². The number of hydrogen-bond acceptors (Lipinski definition) is 9. The highest BCUT2D eigenvalue weighted by Gasteiger charge is 2.28. The molecule has 11 heteroatoms. The molecule has 0 unspecified atom stereocenters. The largest absolute Gasteiger partial charge is 0.339 e. The highest BCUT2D eigenvalue weighted by Crippen LogP contribution is 2.38. The lowest BCUT2D eigenvalue weighted by Gasteiger charge is -2.25.